The second-order valence-electron chi connectivity index (χ2n) is 22.4. The van der Waals surface area contributed by atoms with Gasteiger partial charge < -0.3 is 77.3 Å². The Bertz CT molecular complexity index is 3140. The fraction of sp³-hybridized carbons (Fsp3) is 0.484. The average molecular weight is 1310 g/mol. The molecular formula is C64H86ClN13O15. The topological polar surface area (TPSA) is 365 Å². The predicted octanol–water partition coefficient (Wildman–Crippen LogP) is 0.358. The first kappa shape index (κ1) is 71.8. The van der Waals surface area contributed by atoms with Crippen LogP contribution in [-0.2, 0) is 14.3 Å². The van der Waals surface area contributed by atoms with Gasteiger partial charge in [0.15, 0.2) is 0 Å². The molecule has 12 bridgehead atoms. The number of unbranched alkanes of at least 4 members (excludes halogenated alkanes) is 3. The number of amides is 9. The number of ether oxygens (including phenoxy) is 2. The van der Waals surface area contributed by atoms with Gasteiger partial charge in [-0.2, -0.15) is 0 Å². The normalized spacial score (nSPS) is 20.1. The number of halogens is 1. The Morgan fingerprint density at radius 3 is 0.989 bits per heavy atom. The van der Waals surface area contributed by atoms with Crippen molar-refractivity contribution in [1.29, 1.82) is 0 Å². The number of hydrogen-bond donors (Lipinski definition) is 12. The van der Waals surface area contributed by atoms with E-state index >= 15 is 0 Å². The number of nitrogens with one attached hydrogen (secondary N) is 8. The van der Waals surface area contributed by atoms with Crippen molar-refractivity contribution < 1.29 is 73.1 Å². The van der Waals surface area contributed by atoms with Crippen molar-refractivity contribution in [1.82, 2.24) is 67.0 Å². The lowest BCUT2D eigenvalue weighted by molar-refractivity contribution is -0.122. The molecule has 504 valence electrons. The minimum absolute atomic E-state index is 0.000245. The van der Waals surface area contributed by atoms with E-state index in [-0.39, 0.29) is 195 Å². The SMILES string of the molecule is O=C(CN1CCN2CCNC(=O)c3cccc(c3O)C(=O)NCCN(CCNC(=O)c3cccc(c3O)C1=O)CCN1CCNC(=O)c3cccc(c3O)C(=O)NCCN(CCNC(=O)c3cccc(c3O)C(=O)NCC1)CC2)NCCOCCOCCCCCCCl. The van der Waals surface area contributed by atoms with Crippen LogP contribution in [0.2, 0.25) is 0 Å². The first-order valence-corrected chi connectivity index (χ1v) is 32.0. The van der Waals surface area contributed by atoms with Crippen LogP contribution in [0.25, 0.3) is 0 Å². The Labute approximate surface area is 545 Å². The lowest BCUT2D eigenvalue weighted by atomic mass is 10.1. The summed E-state index contributed by atoms with van der Waals surface area (Å²) in [6.45, 7) is 2.20. The fourth-order valence-corrected chi connectivity index (χ4v) is 10.8. The maximum absolute atomic E-state index is 14.9. The van der Waals surface area contributed by atoms with E-state index in [2.05, 4.69) is 42.5 Å². The summed E-state index contributed by atoms with van der Waals surface area (Å²) in [7, 11) is 0. The van der Waals surface area contributed by atoms with Crippen LogP contribution in [0.5, 0.6) is 23.0 Å². The van der Waals surface area contributed by atoms with E-state index < -0.39 is 82.7 Å². The second kappa shape index (κ2) is 37.8. The van der Waals surface area contributed by atoms with Gasteiger partial charge in [-0.1, -0.05) is 37.1 Å². The Kier molecular flexibility index (Phi) is 29.2. The van der Waals surface area contributed by atoms with Crippen molar-refractivity contribution in [2.75, 3.05) is 176 Å². The maximum atomic E-state index is 14.9. The lowest BCUT2D eigenvalue weighted by Crippen LogP contribution is -2.48. The van der Waals surface area contributed by atoms with Gasteiger partial charge in [0.2, 0.25) is 5.91 Å². The van der Waals surface area contributed by atoms with Crippen LogP contribution in [-0.4, -0.2) is 274 Å². The molecule has 29 heteroatoms. The molecule has 0 fully saturated rings. The molecule has 0 saturated carbocycles. The Morgan fingerprint density at radius 1 is 0.376 bits per heavy atom. The molecule has 0 radical (unpaired) electrons. The highest BCUT2D eigenvalue weighted by molar-refractivity contribution is 6.17. The highest BCUT2D eigenvalue weighted by atomic mass is 35.5. The maximum Gasteiger partial charge on any atom is 0.258 e. The molecule has 9 amide bonds. The van der Waals surface area contributed by atoms with Crippen LogP contribution in [0.1, 0.15) is 109 Å². The molecule has 4 heterocycles. The largest absolute Gasteiger partial charge is 0.506 e. The fourth-order valence-electron chi connectivity index (χ4n) is 10.6. The summed E-state index contributed by atoms with van der Waals surface area (Å²) >= 11 is 5.77. The third-order valence-electron chi connectivity index (χ3n) is 16.0. The molecule has 0 aromatic heterocycles. The third kappa shape index (κ3) is 22.0. The zero-order valence-electron chi connectivity index (χ0n) is 52.2. The van der Waals surface area contributed by atoms with E-state index in [1.807, 2.05) is 19.6 Å². The average Bonchev–Trinajstić information content (AvgIpc) is 0.909. The zero-order chi connectivity index (χ0) is 66.5. The summed E-state index contributed by atoms with van der Waals surface area (Å²) in [5, 5.41) is 68.6. The van der Waals surface area contributed by atoms with E-state index in [0.29, 0.717) is 19.1 Å². The van der Waals surface area contributed by atoms with Gasteiger partial charge in [-0.15, -0.1) is 11.6 Å². The lowest BCUT2D eigenvalue weighted by Gasteiger charge is -2.30. The quantitative estimate of drug-likeness (QED) is 0.0599. The highest BCUT2D eigenvalue weighted by Gasteiger charge is 2.28. The van der Waals surface area contributed by atoms with E-state index in [1.54, 1.807) is 0 Å². The van der Waals surface area contributed by atoms with Crippen molar-refractivity contribution in [3.8, 4) is 23.0 Å². The van der Waals surface area contributed by atoms with Crippen LogP contribution in [0.15, 0.2) is 72.8 Å². The minimum Gasteiger partial charge on any atom is -0.506 e. The highest BCUT2D eigenvalue weighted by Crippen LogP contribution is 2.27. The van der Waals surface area contributed by atoms with Gasteiger partial charge in [-0.05, 0) is 61.4 Å². The van der Waals surface area contributed by atoms with Gasteiger partial charge in [-0.3, -0.25) is 62.8 Å². The summed E-state index contributed by atoms with van der Waals surface area (Å²) in [6.07, 6.45) is 3.88. The summed E-state index contributed by atoms with van der Waals surface area (Å²) < 4.78 is 11.4. The second-order valence-corrected chi connectivity index (χ2v) is 22.7. The number of carbonyl (C=O) groups is 9. The first-order valence-electron chi connectivity index (χ1n) is 31.5. The number of phenols is 4. The number of fused-ring (bicyclic) bond motifs is 16. The summed E-state index contributed by atoms with van der Waals surface area (Å²) in [6, 6.07) is 16.8. The summed E-state index contributed by atoms with van der Waals surface area (Å²) in [5.41, 5.74) is -1.52. The zero-order valence-corrected chi connectivity index (χ0v) is 53.0. The van der Waals surface area contributed by atoms with Crippen LogP contribution in [0.4, 0.5) is 0 Å². The van der Waals surface area contributed by atoms with Crippen LogP contribution < -0.4 is 42.5 Å². The number of phenolic OH excluding ortho intramolecular Hbond substituents is 4. The van der Waals surface area contributed by atoms with Gasteiger partial charge >= 0.3 is 0 Å². The number of aromatic hydroxyl groups is 4. The third-order valence-corrected chi connectivity index (χ3v) is 16.2. The Morgan fingerprint density at radius 2 is 0.656 bits per heavy atom. The van der Waals surface area contributed by atoms with Crippen LogP contribution >= 0.6 is 11.6 Å². The number of para-hydroxylation sites is 4. The molecular weight excluding hydrogens is 1230 g/mol. The molecule has 2 unspecified atom stereocenters. The van der Waals surface area contributed by atoms with Gasteiger partial charge in [0, 0.05) is 150 Å². The molecule has 4 aliphatic heterocycles. The molecule has 0 aliphatic carbocycles. The van der Waals surface area contributed by atoms with Crippen molar-refractivity contribution in [3.63, 3.8) is 0 Å². The number of benzene rings is 4. The van der Waals surface area contributed by atoms with E-state index in [4.69, 9.17) is 21.1 Å². The smallest absolute Gasteiger partial charge is 0.258 e. The Balaban J connectivity index is 1.26. The molecule has 0 saturated heterocycles. The number of carbonyl (C=O) groups excluding carboxylic acids is 9. The number of hydrogen-bond acceptors (Lipinski definition) is 19. The minimum atomic E-state index is -0.788. The first-order chi connectivity index (χ1) is 45.0. The van der Waals surface area contributed by atoms with E-state index in [9.17, 15) is 63.6 Å². The number of rotatable bonds is 14. The molecule has 93 heavy (non-hydrogen) atoms. The van der Waals surface area contributed by atoms with Crippen molar-refractivity contribution >= 4 is 64.8 Å². The van der Waals surface area contributed by atoms with Crippen molar-refractivity contribution in [3.05, 3.63) is 117 Å². The number of alkyl halides is 1. The van der Waals surface area contributed by atoms with Crippen molar-refractivity contribution in [2.24, 2.45) is 0 Å². The molecule has 4 aromatic rings. The van der Waals surface area contributed by atoms with Crippen molar-refractivity contribution in [2.45, 2.75) is 25.7 Å². The summed E-state index contributed by atoms with van der Waals surface area (Å²) in [5.74, 6) is -7.87. The molecule has 2 atom stereocenters. The van der Waals surface area contributed by atoms with Crippen LogP contribution in [0, 0.1) is 0 Å². The molecule has 28 nitrogen and oxygen atoms in total. The van der Waals surface area contributed by atoms with E-state index in [1.165, 1.54) is 77.7 Å². The predicted molar refractivity (Wildman–Crippen MR) is 344 cm³/mol. The number of nitrogens with zero attached hydrogens (tertiary/aromatic N) is 5. The standard InChI is InChI=1S/C64H86ClN13O15/c65-17-3-1-2-4-39-92-41-42-93-40-25-66-52(79)43-78-38-37-77-32-24-73-62(89)49-14-7-13-48(55(49)82)59(86)69-20-28-75(29-23-72-63(90)50-15-8-16-51(56(50)83)64(78)91)34-33-74-26-18-67-57(84)44-9-5-11-46(53(44)80)60(87)70-21-30-76(35-36-77)31-22-71-61(88)47-12-6-10-45(54(47)81)58(85)68-19-27-74/h5-16,80-83H,1-4,17-43H2,(H,66,79)(H,67,84)(H,68,85)(H,69,86)(H,70,87)(H,71,88)(H,72,90)(H,73,89). The Hall–Kier alpha value is -8.64. The van der Waals surface area contributed by atoms with Gasteiger partial charge in [-0.25, -0.2) is 0 Å². The van der Waals surface area contributed by atoms with Gasteiger partial charge in [0.25, 0.3) is 47.3 Å². The summed E-state index contributed by atoms with van der Waals surface area (Å²) in [4.78, 5) is 134. The monoisotopic (exact) mass is 1310 g/mol. The van der Waals surface area contributed by atoms with Gasteiger partial charge in [0.1, 0.15) is 23.0 Å². The van der Waals surface area contributed by atoms with Gasteiger partial charge in [0.05, 0.1) is 70.9 Å². The van der Waals surface area contributed by atoms with E-state index in [0.717, 1.165) is 25.7 Å². The molecule has 4 aliphatic rings. The molecule has 12 N–H and O–H groups in total. The molecule has 0 spiro atoms. The molecule has 8 rings (SSSR count). The molecule has 4 aromatic carbocycles. The van der Waals surface area contributed by atoms with Crippen LogP contribution in [0.3, 0.4) is 0 Å².